The third-order valence-corrected chi connectivity index (χ3v) is 2.58. The molecule has 0 heterocycles. The standard InChI is InChI=1S/C11H13ClN2O2/c1-3-8(2)13-7-9-6-10(14(15)16)4-5-11(9)12/h3-6,8,13H,1,7H2,2H3. The van der Waals surface area contributed by atoms with Gasteiger partial charge < -0.3 is 5.32 Å². The molecule has 86 valence electrons. The molecule has 0 aliphatic rings. The van der Waals surface area contributed by atoms with Crippen molar-refractivity contribution in [2.75, 3.05) is 0 Å². The van der Waals surface area contributed by atoms with E-state index in [0.29, 0.717) is 17.1 Å². The molecule has 0 aliphatic heterocycles. The Labute approximate surface area is 99.1 Å². The van der Waals surface area contributed by atoms with Gasteiger partial charge in [-0.25, -0.2) is 0 Å². The van der Waals surface area contributed by atoms with Crippen LogP contribution in [-0.4, -0.2) is 11.0 Å². The highest BCUT2D eigenvalue weighted by atomic mass is 35.5. The summed E-state index contributed by atoms with van der Waals surface area (Å²) in [5, 5.41) is 14.2. The maximum atomic E-state index is 10.6. The third kappa shape index (κ3) is 3.32. The second-order valence-electron chi connectivity index (χ2n) is 3.44. The second-order valence-corrected chi connectivity index (χ2v) is 3.85. The molecule has 5 heteroatoms. The number of nitrogens with one attached hydrogen (secondary N) is 1. The van der Waals surface area contributed by atoms with E-state index in [2.05, 4.69) is 11.9 Å². The first-order valence-electron chi connectivity index (χ1n) is 4.83. The Kier molecular flexibility index (Phi) is 4.46. The fourth-order valence-electron chi connectivity index (χ4n) is 1.16. The van der Waals surface area contributed by atoms with Crippen molar-refractivity contribution >= 4 is 17.3 Å². The number of nitro benzene ring substituents is 1. The van der Waals surface area contributed by atoms with Crippen LogP contribution in [0.3, 0.4) is 0 Å². The first kappa shape index (κ1) is 12.7. The minimum Gasteiger partial charge on any atom is -0.307 e. The number of hydrogen-bond acceptors (Lipinski definition) is 3. The minimum absolute atomic E-state index is 0.0486. The van der Waals surface area contributed by atoms with Gasteiger partial charge in [0.2, 0.25) is 0 Å². The Balaban J connectivity index is 2.82. The molecule has 0 saturated carbocycles. The average molecular weight is 241 g/mol. The first-order valence-corrected chi connectivity index (χ1v) is 5.21. The summed E-state index contributed by atoms with van der Waals surface area (Å²) in [4.78, 5) is 10.2. The molecule has 0 spiro atoms. The van der Waals surface area contributed by atoms with E-state index in [1.165, 1.54) is 18.2 Å². The van der Waals surface area contributed by atoms with E-state index in [-0.39, 0.29) is 11.7 Å². The molecular formula is C11H13ClN2O2. The lowest BCUT2D eigenvalue weighted by molar-refractivity contribution is -0.384. The molecule has 0 aliphatic carbocycles. The predicted molar refractivity (Wildman–Crippen MR) is 64.6 cm³/mol. The van der Waals surface area contributed by atoms with E-state index >= 15 is 0 Å². The minimum atomic E-state index is -0.434. The van der Waals surface area contributed by atoms with Crippen molar-refractivity contribution in [3.05, 3.63) is 51.6 Å². The number of hydrogen-bond donors (Lipinski definition) is 1. The predicted octanol–water partition coefficient (Wildman–Crippen LogP) is 2.91. The smallest absolute Gasteiger partial charge is 0.269 e. The monoisotopic (exact) mass is 240 g/mol. The van der Waals surface area contributed by atoms with Crippen molar-refractivity contribution in [2.24, 2.45) is 0 Å². The highest BCUT2D eigenvalue weighted by Crippen LogP contribution is 2.21. The number of rotatable bonds is 5. The normalized spacial score (nSPS) is 12.1. The molecule has 0 radical (unpaired) electrons. The summed E-state index contributed by atoms with van der Waals surface area (Å²) in [6.07, 6.45) is 1.76. The van der Waals surface area contributed by atoms with Crippen LogP contribution < -0.4 is 5.32 Å². The SMILES string of the molecule is C=CC(C)NCc1cc([N+](=O)[O-])ccc1Cl. The molecule has 0 fully saturated rings. The van der Waals surface area contributed by atoms with Gasteiger partial charge in [-0.2, -0.15) is 0 Å². The summed E-state index contributed by atoms with van der Waals surface area (Å²) in [7, 11) is 0. The molecule has 4 nitrogen and oxygen atoms in total. The summed E-state index contributed by atoms with van der Waals surface area (Å²) in [5.74, 6) is 0. The van der Waals surface area contributed by atoms with Crippen LogP contribution in [0.25, 0.3) is 0 Å². The zero-order valence-electron chi connectivity index (χ0n) is 8.94. The van der Waals surface area contributed by atoms with Crippen LogP contribution in [0.2, 0.25) is 5.02 Å². The van der Waals surface area contributed by atoms with Gasteiger partial charge in [0.25, 0.3) is 5.69 Å². The molecule has 1 unspecified atom stereocenters. The molecule has 0 bridgehead atoms. The third-order valence-electron chi connectivity index (χ3n) is 2.21. The molecule has 1 aromatic carbocycles. The van der Waals surface area contributed by atoms with Gasteiger partial charge in [-0.15, -0.1) is 6.58 Å². The van der Waals surface area contributed by atoms with Crippen molar-refractivity contribution in [1.29, 1.82) is 0 Å². The zero-order chi connectivity index (χ0) is 12.1. The highest BCUT2D eigenvalue weighted by molar-refractivity contribution is 6.31. The van der Waals surface area contributed by atoms with E-state index in [9.17, 15) is 10.1 Å². The maximum Gasteiger partial charge on any atom is 0.269 e. The van der Waals surface area contributed by atoms with Crippen molar-refractivity contribution in [3.63, 3.8) is 0 Å². The molecule has 0 aromatic heterocycles. The largest absolute Gasteiger partial charge is 0.307 e. The quantitative estimate of drug-likeness (QED) is 0.489. The Bertz CT molecular complexity index is 407. The van der Waals surface area contributed by atoms with Crippen molar-refractivity contribution < 1.29 is 4.92 Å². The lowest BCUT2D eigenvalue weighted by Gasteiger charge is -2.09. The van der Waals surface area contributed by atoms with Crippen LogP contribution >= 0.6 is 11.6 Å². The van der Waals surface area contributed by atoms with Crippen LogP contribution in [0, 0.1) is 10.1 Å². The molecule has 1 rings (SSSR count). The lowest BCUT2D eigenvalue weighted by Crippen LogP contribution is -2.23. The van der Waals surface area contributed by atoms with Gasteiger partial charge in [0.05, 0.1) is 4.92 Å². The average Bonchev–Trinajstić information content (AvgIpc) is 2.27. The summed E-state index contributed by atoms with van der Waals surface area (Å²) in [6.45, 7) is 6.06. The Morgan fingerprint density at radius 1 is 1.69 bits per heavy atom. The van der Waals surface area contributed by atoms with Gasteiger partial charge in [-0.05, 0) is 18.6 Å². The maximum absolute atomic E-state index is 10.6. The van der Waals surface area contributed by atoms with Crippen molar-refractivity contribution in [3.8, 4) is 0 Å². The van der Waals surface area contributed by atoms with Crippen LogP contribution in [0.1, 0.15) is 12.5 Å². The van der Waals surface area contributed by atoms with Crippen LogP contribution in [0.5, 0.6) is 0 Å². The van der Waals surface area contributed by atoms with E-state index < -0.39 is 4.92 Å². The van der Waals surface area contributed by atoms with Crippen molar-refractivity contribution in [1.82, 2.24) is 5.32 Å². The molecule has 1 N–H and O–H groups in total. The fourth-order valence-corrected chi connectivity index (χ4v) is 1.35. The lowest BCUT2D eigenvalue weighted by atomic mass is 10.2. The molecular weight excluding hydrogens is 228 g/mol. The number of nitrogens with zero attached hydrogens (tertiary/aromatic N) is 1. The van der Waals surface area contributed by atoms with E-state index in [1.807, 2.05) is 6.92 Å². The number of nitro groups is 1. The van der Waals surface area contributed by atoms with E-state index in [0.717, 1.165) is 0 Å². The zero-order valence-corrected chi connectivity index (χ0v) is 9.70. The molecule has 1 atom stereocenters. The summed E-state index contributed by atoms with van der Waals surface area (Å²) >= 11 is 5.94. The molecule has 0 saturated heterocycles. The van der Waals surface area contributed by atoms with E-state index in [4.69, 9.17) is 11.6 Å². The Hall–Kier alpha value is -1.39. The molecule has 1 aromatic rings. The second kappa shape index (κ2) is 5.63. The summed E-state index contributed by atoms with van der Waals surface area (Å²) < 4.78 is 0. The number of non-ortho nitro benzene ring substituents is 1. The highest BCUT2D eigenvalue weighted by Gasteiger charge is 2.09. The summed E-state index contributed by atoms with van der Waals surface area (Å²) in [5.41, 5.74) is 0.761. The summed E-state index contributed by atoms with van der Waals surface area (Å²) in [6, 6.07) is 4.54. The van der Waals surface area contributed by atoms with Gasteiger partial charge in [-0.1, -0.05) is 17.7 Å². The number of halogens is 1. The Morgan fingerprint density at radius 2 is 2.38 bits per heavy atom. The van der Waals surface area contributed by atoms with E-state index in [1.54, 1.807) is 6.08 Å². The van der Waals surface area contributed by atoms with Gasteiger partial charge in [0, 0.05) is 29.7 Å². The van der Waals surface area contributed by atoms with Crippen LogP contribution in [0.4, 0.5) is 5.69 Å². The topological polar surface area (TPSA) is 55.2 Å². The van der Waals surface area contributed by atoms with Crippen LogP contribution in [-0.2, 0) is 6.54 Å². The van der Waals surface area contributed by atoms with Gasteiger partial charge in [0.1, 0.15) is 0 Å². The molecule has 16 heavy (non-hydrogen) atoms. The Morgan fingerprint density at radius 3 is 2.94 bits per heavy atom. The van der Waals surface area contributed by atoms with Gasteiger partial charge in [-0.3, -0.25) is 10.1 Å². The van der Waals surface area contributed by atoms with Crippen LogP contribution in [0.15, 0.2) is 30.9 Å². The fraction of sp³-hybridized carbons (Fsp3) is 0.273. The van der Waals surface area contributed by atoms with Gasteiger partial charge >= 0.3 is 0 Å². The number of benzene rings is 1. The molecule has 0 amide bonds. The van der Waals surface area contributed by atoms with Gasteiger partial charge in [0.15, 0.2) is 0 Å². The first-order chi connectivity index (χ1) is 7.54. The van der Waals surface area contributed by atoms with Crippen molar-refractivity contribution in [2.45, 2.75) is 19.5 Å².